The predicted octanol–water partition coefficient (Wildman–Crippen LogP) is 7.27. The Labute approximate surface area is 348 Å². The zero-order valence-electron chi connectivity index (χ0n) is 34.8. The van der Waals surface area contributed by atoms with Crippen LogP contribution in [-0.4, -0.2) is 93.1 Å². The van der Waals surface area contributed by atoms with Crippen molar-refractivity contribution >= 4 is 35.0 Å². The first-order valence-electron chi connectivity index (χ1n) is 20.7. The van der Waals surface area contributed by atoms with E-state index in [4.69, 9.17) is 24.2 Å². The normalized spacial score (nSPS) is 18.2. The van der Waals surface area contributed by atoms with Crippen molar-refractivity contribution < 1.29 is 33.4 Å². The first-order chi connectivity index (χ1) is 28.9. The molecule has 5 aromatic rings. The molecule has 0 saturated carbocycles. The molecule has 3 aliphatic heterocycles. The van der Waals surface area contributed by atoms with Crippen LogP contribution in [0.3, 0.4) is 0 Å². The molecule has 15 heteroatoms. The van der Waals surface area contributed by atoms with E-state index in [0.29, 0.717) is 25.5 Å². The Balaban J connectivity index is 0.978. The van der Waals surface area contributed by atoms with Crippen LogP contribution in [0.5, 0.6) is 5.75 Å². The van der Waals surface area contributed by atoms with Gasteiger partial charge in [-0.05, 0) is 89.6 Å². The van der Waals surface area contributed by atoms with E-state index in [1.165, 1.54) is 14.2 Å². The summed E-state index contributed by atoms with van der Waals surface area (Å²) in [5.41, 5.74) is 8.67. The lowest BCUT2D eigenvalue weighted by Crippen LogP contribution is -2.51. The van der Waals surface area contributed by atoms with E-state index < -0.39 is 24.3 Å². The summed E-state index contributed by atoms with van der Waals surface area (Å²) in [7, 11) is 2.58. The van der Waals surface area contributed by atoms with Gasteiger partial charge in [-0.15, -0.1) is 0 Å². The summed E-state index contributed by atoms with van der Waals surface area (Å²) in [6.07, 6.45) is 3.78. The third-order valence-electron chi connectivity index (χ3n) is 12.0. The van der Waals surface area contributed by atoms with Crippen LogP contribution in [0.2, 0.25) is 0 Å². The first-order valence-corrected chi connectivity index (χ1v) is 20.7. The molecule has 2 saturated heterocycles. The smallest absolute Gasteiger partial charge is 0.407 e. The fourth-order valence-electron chi connectivity index (χ4n) is 8.75. The van der Waals surface area contributed by atoms with Crippen molar-refractivity contribution in [3.63, 3.8) is 0 Å². The summed E-state index contributed by atoms with van der Waals surface area (Å²) in [4.78, 5) is 71.5. The molecule has 2 aromatic heterocycles. The number of nitrogens with one attached hydrogen (secondary N) is 4. The van der Waals surface area contributed by atoms with Crippen molar-refractivity contribution in [3.8, 4) is 39.3 Å². The molecule has 0 spiro atoms. The number of ether oxygens (including phenoxy) is 3. The van der Waals surface area contributed by atoms with Gasteiger partial charge in [0.05, 0.1) is 49.2 Å². The topological polar surface area (TPSA) is 184 Å². The highest BCUT2D eigenvalue weighted by molar-refractivity contribution is 5.88. The van der Waals surface area contributed by atoms with Crippen LogP contribution in [0.1, 0.15) is 82.7 Å². The van der Waals surface area contributed by atoms with Gasteiger partial charge in [-0.25, -0.2) is 19.6 Å². The molecule has 0 radical (unpaired) electrons. The van der Waals surface area contributed by atoms with Crippen LogP contribution in [0, 0.1) is 11.8 Å². The van der Waals surface area contributed by atoms with Gasteiger partial charge in [0.25, 0.3) is 0 Å². The molecule has 0 aliphatic carbocycles. The van der Waals surface area contributed by atoms with E-state index in [1.807, 2.05) is 55.8 Å². The van der Waals surface area contributed by atoms with Crippen LogP contribution in [-0.2, 0) is 25.7 Å². The second-order valence-electron chi connectivity index (χ2n) is 16.5. The van der Waals surface area contributed by atoms with Crippen LogP contribution in [0.25, 0.3) is 44.5 Å². The number of alkyl carbamates (subject to hydrolysis) is 2. The minimum absolute atomic E-state index is 0.113. The minimum Gasteiger partial charge on any atom is -0.488 e. The van der Waals surface area contributed by atoms with Gasteiger partial charge in [0.1, 0.15) is 36.1 Å². The maximum absolute atomic E-state index is 13.7. The average molecular weight is 817 g/mol. The molecule has 0 bridgehead atoms. The Morgan fingerprint density at radius 3 is 1.95 bits per heavy atom. The third kappa shape index (κ3) is 7.75. The maximum Gasteiger partial charge on any atom is 0.407 e. The highest BCUT2D eigenvalue weighted by atomic mass is 16.5. The van der Waals surface area contributed by atoms with Crippen molar-refractivity contribution in [2.24, 2.45) is 11.8 Å². The number of aromatic amines is 2. The van der Waals surface area contributed by atoms with Gasteiger partial charge >= 0.3 is 12.2 Å². The average Bonchev–Trinajstić information content (AvgIpc) is 4.09. The van der Waals surface area contributed by atoms with E-state index in [2.05, 4.69) is 63.1 Å². The summed E-state index contributed by atoms with van der Waals surface area (Å²) < 4.78 is 15.9. The molecule has 4 N–H and O–H groups in total. The van der Waals surface area contributed by atoms with E-state index >= 15 is 0 Å². The fourth-order valence-corrected chi connectivity index (χ4v) is 8.75. The third-order valence-corrected chi connectivity index (χ3v) is 12.0. The number of imidazole rings is 2. The standard InChI is InChI=1S/C45H52N8O7/c1-24(2)38(50-44(56)58-5)42(54)52-17-7-9-35(52)40-46-22-34(49-40)28-12-14-30-29(19-28)23-60-37-21-27(11-15-31(30)37)26-13-16-32-33(20-26)48-41(47-32)36-10-8-18-53(36)43(55)39(25(3)4)51-45(57)59-6/h11-16,19-22,24-25,35-36,38-39H,7-10,17-18,23H2,1-6H3,(H,46,49)(H,47,48)(H,50,56)(H,51,57)/t35-,36-,38-,39?/m0/s1. The number of rotatable bonds is 10. The molecule has 8 rings (SSSR count). The molecular weight excluding hydrogens is 765 g/mol. The molecule has 314 valence electrons. The summed E-state index contributed by atoms with van der Waals surface area (Å²) in [6, 6.07) is 16.9. The van der Waals surface area contributed by atoms with Gasteiger partial charge in [0.2, 0.25) is 11.8 Å². The summed E-state index contributed by atoms with van der Waals surface area (Å²) in [5.74, 6) is 1.73. The molecular formula is C45H52N8O7. The lowest BCUT2D eigenvalue weighted by atomic mass is 9.92. The Morgan fingerprint density at radius 1 is 0.733 bits per heavy atom. The molecule has 3 aliphatic rings. The lowest BCUT2D eigenvalue weighted by molar-refractivity contribution is -0.136. The van der Waals surface area contributed by atoms with Crippen molar-refractivity contribution in [2.75, 3.05) is 27.3 Å². The number of benzene rings is 3. The number of nitrogens with zero attached hydrogens (tertiary/aromatic N) is 4. The van der Waals surface area contributed by atoms with E-state index in [9.17, 15) is 19.2 Å². The molecule has 4 amide bonds. The molecule has 3 aromatic carbocycles. The Hall–Kier alpha value is -6.38. The molecule has 15 nitrogen and oxygen atoms in total. The second kappa shape index (κ2) is 16.7. The van der Waals surface area contributed by atoms with Gasteiger partial charge in [0.15, 0.2) is 0 Å². The molecule has 2 fully saturated rings. The zero-order valence-corrected chi connectivity index (χ0v) is 34.8. The van der Waals surface area contributed by atoms with Crippen molar-refractivity contribution in [3.05, 3.63) is 78.0 Å². The highest BCUT2D eigenvalue weighted by Crippen LogP contribution is 2.42. The van der Waals surface area contributed by atoms with Gasteiger partial charge in [-0.2, -0.15) is 0 Å². The zero-order chi connectivity index (χ0) is 42.2. The van der Waals surface area contributed by atoms with Crippen molar-refractivity contribution in [1.82, 2.24) is 40.4 Å². The number of hydrogen-bond acceptors (Lipinski definition) is 9. The number of amides is 4. The highest BCUT2D eigenvalue weighted by Gasteiger charge is 2.39. The first kappa shape index (κ1) is 40.4. The summed E-state index contributed by atoms with van der Waals surface area (Å²) in [5, 5.41) is 5.41. The molecule has 60 heavy (non-hydrogen) atoms. The van der Waals surface area contributed by atoms with Crippen LogP contribution < -0.4 is 15.4 Å². The van der Waals surface area contributed by atoms with Crippen LogP contribution in [0.4, 0.5) is 9.59 Å². The van der Waals surface area contributed by atoms with Crippen molar-refractivity contribution in [1.29, 1.82) is 0 Å². The monoisotopic (exact) mass is 816 g/mol. The number of fused-ring (bicyclic) bond motifs is 4. The fraction of sp³-hybridized carbons (Fsp3) is 0.422. The number of carbonyl (C=O) groups is 4. The number of H-pyrrole nitrogens is 2. The van der Waals surface area contributed by atoms with E-state index in [1.54, 1.807) is 0 Å². The van der Waals surface area contributed by atoms with Crippen LogP contribution in [0.15, 0.2) is 60.8 Å². The second-order valence-corrected chi connectivity index (χ2v) is 16.5. The quantitative estimate of drug-likeness (QED) is 0.113. The largest absolute Gasteiger partial charge is 0.488 e. The maximum atomic E-state index is 13.7. The number of aromatic nitrogens is 4. The van der Waals surface area contributed by atoms with Gasteiger partial charge in [-0.3, -0.25) is 9.59 Å². The van der Waals surface area contributed by atoms with Gasteiger partial charge in [-0.1, -0.05) is 58.0 Å². The number of carbonyl (C=O) groups excluding carboxylic acids is 4. The number of methoxy groups -OCH3 is 2. The molecule has 4 atom stereocenters. The lowest BCUT2D eigenvalue weighted by Gasteiger charge is -2.30. The number of hydrogen-bond donors (Lipinski definition) is 4. The number of likely N-dealkylation sites (tertiary alicyclic amines) is 2. The Morgan fingerprint density at radius 2 is 1.32 bits per heavy atom. The molecule has 1 unspecified atom stereocenters. The van der Waals surface area contributed by atoms with E-state index in [0.717, 1.165) is 87.4 Å². The summed E-state index contributed by atoms with van der Waals surface area (Å²) in [6.45, 7) is 9.19. The van der Waals surface area contributed by atoms with E-state index in [-0.39, 0.29) is 35.7 Å². The molecule has 5 heterocycles. The Bertz CT molecular complexity index is 2440. The minimum atomic E-state index is -0.699. The Kier molecular flexibility index (Phi) is 11.2. The summed E-state index contributed by atoms with van der Waals surface area (Å²) >= 11 is 0. The van der Waals surface area contributed by atoms with Gasteiger partial charge < -0.3 is 44.6 Å². The SMILES string of the molecule is COC(=O)NC(C(=O)N1CCC[C@H]1c1nc2ccc(-c3ccc4c(c3)OCc3cc(-c5cnc([C@@H]6CCCN6C(=O)[C@@H](NC(=O)OC)C(C)C)[nH]5)ccc3-4)cc2[nH]1)C(C)C. The van der Waals surface area contributed by atoms with Crippen molar-refractivity contribution in [2.45, 2.75) is 84.2 Å². The van der Waals surface area contributed by atoms with Gasteiger partial charge in [0, 0.05) is 18.7 Å². The van der Waals surface area contributed by atoms with Crippen LogP contribution >= 0.6 is 0 Å². The predicted molar refractivity (Wildman–Crippen MR) is 225 cm³/mol.